The molecule has 0 saturated carbocycles. The Hall–Kier alpha value is -3.56. The Morgan fingerprint density at radius 2 is 2.06 bits per heavy atom. The maximum Gasteiger partial charge on any atom is 0.251 e. The number of pyridine rings is 1. The molecule has 33 heavy (non-hydrogen) atoms. The van der Waals surface area contributed by atoms with E-state index in [4.69, 9.17) is 16.7 Å². The lowest BCUT2D eigenvalue weighted by Crippen LogP contribution is -2.17. The zero-order valence-electron chi connectivity index (χ0n) is 17.8. The van der Waals surface area contributed by atoms with E-state index in [2.05, 4.69) is 20.6 Å². The third-order valence-corrected chi connectivity index (χ3v) is 6.71. The smallest absolute Gasteiger partial charge is 0.251 e. The number of hydrogen-bond donors (Lipinski definition) is 2. The minimum atomic E-state index is -0.216. The molecule has 0 fully saturated rings. The van der Waals surface area contributed by atoms with Crippen molar-refractivity contribution in [3.05, 3.63) is 64.6 Å². The molecule has 0 bridgehead atoms. The quantitative estimate of drug-likeness (QED) is 0.459. The van der Waals surface area contributed by atoms with Crippen LogP contribution in [0.5, 0.6) is 0 Å². The van der Waals surface area contributed by atoms with E-state index in [9.17, 15) is 9.59 Å². The molecule has 0 spiro atoms. The zero-order chi connectivity index (χ0) is 23.1. The highest BCUT2D eigenvalue weighted by Crippen LogP contribution is 2.44. The third kappa shape index (κ3) is 3.79. The SMILES string of the molecule is CNC(=O)c1ccc(-n2nc(-c3cccnc3)c3c2-c2sc(NC(C)=O)nc2CC3)c(Cl)c1. The number of carbonyl (C=O) groups is 2. The molecule has 1 aromatic carbocycles. The molecule has 166 valence electrons. The summed E-state index contributed by atoms with van der Waals surface area (Å²) in [6.07, 6.45) is 4.99. The van der Waals surface area contributed by atoms with Crippen LogP contribution in [0.25, 0.3) is 27.5 Å². The van der Waals surface area contributed by atoms with Crippen molar-refractivity contribution in [1.82, 2.24) is 25.1 Å². The van der Waals surface area contributed by atoms with E-state index in [0.717, 1.165) is 45.9 Å². The summed E-state index contributed by atoms with van der Waals surface area (Å²) in [5.41, 5.74) is 5.71. The van der Waals surface area contributed by atoms with Crippen LogP contribution < -0.4 is 10.6 Å². The van der Waals surface area contributed by atoms with E-state index in [0.29, 0.717) is 21.4 Å². The number of hydrogen-bond acceptors (Lipinski definition) is 6. The number of aryl methyl sites for hydroxylation is 1. The maximum absolute atomic E-state index is 12.0. The van der Waals surface area contributed by atoms with Crippen LogP contribution in [-0.4, -0.2) is 38.6 Å². The van der Waals surface area contributed by atoms with E-state index in [-0.39, 0.29) is 11.8 Å². The van der Waals surface area contributed by atoms with Crippen LogP contribution >= 0.6 is 22.9 Å². The first-order valence-corrected chi connectivity index (χ1v) is 11.5. The Balaban J connectivity index is 1.73. The van der Waals surface area contributed by atoms with Gasteiger partial charge in [-0.15, -0.1) is 0 Å². The van der Waals surface area contributed by atoms with Crippen molar-refractivity contribution < 1.29 is 9.59 Å². The monoisotopic (exact) mass is 478 g/mol. The second-order valence-electron chi connectivity index (χ2n) is 7.55. The molecule has 0 atom stereocenters. The van der Waals surface area contributed by atoms with Crippen LogP contribution in [0.3, 0.4) is 0 Å². The Morgan fingerprint density at radius 3 is 2.76 bits per heavy atom. The first-order valence-electron chi connectivity index (χ1n) is 10.3. The first kappa shape index (κ1) is 21.3. The van der Waals surface area contributed by atoms with Crippen molar-refractivity contribution >= 4 is 39.9 Å². The Bertz CT molecular complexity index is 1400. The van der Waals surface area contributed by atoms with Gasteiger partial charge in [-0.3, -0.25) is 14.6 Å². The van der Waals surface area contributed by atoms with Gasteiger partial charge in [0.15, 0.2) is 5.13 Å². The number of aromatic nitrogens is 4. The maximum atomic E-state index is 12.0. The Labute approximate surface area is 198 Å². The predicted molar refractivity (Wildman–Crippen MR) is 128 cm³/mol. The number of halogens is 1. The number of anilines is 1. The number of nitrogens with one attached hydrogen (secondary N) is 2. The largest absolute Gasteiger partial charge is 0.355 e. The Morgan fingerprint density at radius 1 is 1.21 bits per heavy atom. The summed E-state index contributed by atoms with van der Waals surface area (Å²) in [5.74, 6) is -0.384. The number of carbonyl (C=O) groups excluding carboxylic acids is 2. The molecule has 10 heteroatoms. The highest BCUT2D eigenvalue weighted by atomic mass is 35.5. The van der Waals surface area contributed by atoms with Crippen LogP contribution in [0.2, 0.25) is 5.02 Å². The average molecular weight is 479 g/mol. The van der Waals surface area contributed by atoms with E-state index < -0.39 is 0 Å². The van der Waals surface area contributed by atoms with Gasteiger partial charge in [-0.1, -0.05) is 22.9 Å². The van der Waals surface area contributed by atoms with Gasteiger partial charge in [0.25, 0.3) is 5.91 Å². The minimum absolute atomic E-state index is 0.168. The fourth-order valence-corrected chi connectivity index (χ4v) is 5.32. The van der Waals surface area contributed by atoms with Crippen LogP contribution in [0.4, 0.5) is 5.13 Å². The summed E-state index contributed by atoms with van der Waals surface area (Å²) < 4.78 is 1.81. The molecular formula is C23H19ClN6O2S. The molecule has 5 rings (SSSR count). The van der Waals surface area contributed by atoms with Crippen LogP contribution in [0, 0.1) is 0 Å². The molecule has 0 saturated heterocycles. The molecule has 4 aromatic rings. The van der Waals surface area contributed by atoms with Gasteiger partial charge < -0.3 is 10.6 Å². The van der Waals surface area contributed by atoms with Crippen molar-refractivity contribution in [2.24, 2.45) is 0 Å². The number of amides is 2. The molecule has 0 radical (unpaired) electrons. The van der Waals surface area contributed by atoms with Gasteiger partial charge in [0.2, 0.25) is 5.91 Å². The van der Waals surface area contributed by atoms with Gasteiger partial charge in [0.1, 0.15) is 0 Å². The van der Waals surface area contributed by atoms with Gasteiger partial charge in [-0.05, 0) is 43.2 Å². The van der Waals surface area contributed by atoms with Gasteiger partial charge in [-0.25, -0.2) is 9.67 Å². The molecule has 8 nitrogen and oxygen atoms in total. The zero-order valence-corrected chi connectivity index (χ0v) is 19.4. The fourth-order valence-electron chi connectivity index (χ4n) is 3.95. The third-order valence-electron chi connectivity index (χ3n) is 5.39. The average Bonchev–Trinajstić information content (AvgIpc) is 3.39. The lowest BCUT2D eigenvalue weighted by molar-refractivity contribution is -0.114. The molecule has 0 aliphatic heterocycles. The first-order chi connectivity index (χ1) is 16.0. The molecule has 3 aromatic heterocycles. The van der Waals surface area contributed by atoms with Gasteiger partial charge in [-0.2, -0.15) is 5.10 Å². The van der Waals surface area contributed by atoms with Crippen LogP contribution in [-0.2, 0) is 17.6 Å². The summed E-state index contributed by atoms with van der Waals surface area (Å²) in [6, 6.07) is 8.99. The number of fused-ring (bicyclic) bond motifs is 3. The summed E-state index contributed by atoms with van der Waals surface area (Å²) in [4.78, 5) is 33.5. The van der Waals surface area contributed by atoms with Crippen LogP contribution in [0.15, 0.2) is 42.7 Å². The lowest BCUT2D eigenvalue weighted by Gasteiger charge is -2.15. The highest BCUT2D eigenvalue weighted by Gasteiger charge is 2.30. The number of thiazole rings is 1. The van der Waals surface area contributed by atoms with Crippen molar-refractivity contribution in [3.63, 3.8) is 0 Å². The number of benzene rings is 1. The van der Waals surface area contributed by atoms with Crippen molar-refractivity contribution in [3.8, 4) is 27.5 Å². The lowest BCUT2D eigenvalue weighted by atomic mass is 9.95. The highest BCUT2D eigenvalue weighted by molar-refractivity contribution is 7.19. The van der Waals surface area contributed by atoms with E-state index in [1.807, 2.05) is 12.1 Å². The molecule has 3 heterocycles. The molecule has 1 aliphatic carbocycles. The number of rotatable bonds is 4. The normalized spacial score (nSPS) is 12.1. The second kappa shape index (κ2) is 8.42. The van der Waals surface area contributed by atoms with Gasteiger partial charge in [0, 0.05) is 43.1 Å². The summed E-state index contributed by atoms with van der Waals surface area (Å²) in [5, 5.41) is 11.3. The molecule has 0 unspecified atom stereocenters. The Kier molecular flexibility index (Phi) is 5.43. The van der Waals surface area contributed by atoms with E-state index in [1.165, 1.54) is 18.3 Å². The summed E-state index contributed by atoms with van der Waals surface area (Å²) in [7, 11) is 1.58. The van der Waals surface area contributed by atoms with Crippen molar-refractivity contribution in [1.29, 1.82) is 0 Å². The van der Waals surface area contributed by atoms with Gasteiger partial charge in [0.05, 0.1) is 32.7 Å². The van der Waals surface area contributed by atoms with Crippen molar-refractivity contribution in [2.45, 2.75) is 19.8 Å². The topological polar surface area (TPSA) is 102 Å². The van der Waals surface area contributed by atoms with E-state index in [1.54, 1.807) is 42.3 Å². The van der Waals surface area contributed by atoms with E-state index >= 15 is 0 Å². The minimum Gasteiger partial charge on any atom is -0.355 e. The summed E-state index contributed by atoms with van der Waals surface area (Å²) >= 11 is 8.06. The summed E-state index contributed by atoms with van der Waals surface area (Å²) in [6.45, 7) is 1.46. The second-order valence-corrected chi connectivity index (χ2v) is 8.96. The molecular weight excluding hydrogens is 460 g/mol. The standard InChI is InChI=1S/C23H19ClN6O2S/c1-12(31)27-23-28-17-7-6-15-19(14-4-3-9-26-11-14)29-30(20(15)21(17)33-23)18-8-5-13(10-16(18)24)22(32)25-2/h3-5,8-11H,6-7H2,1-2H3,(H,25,32)(H,27,28,31). The van der Waals surface area contributed by atoms with Crippen LogP contribution in [0.1, 0.15) is 28.5 Å². The fraction of sp³-hybridized carbons (Fsp3) is 0.174. The predicted octanol–water partition coefficient (Wildman–Crippen LogP) is 4.13. The molecule has 1 aliphatic rings. The van der Waals surface area contributed by atoms with Gasteiger partial charge >= 0.3 is 0 Å². The molecule has 2 amide bonds. The number of nitrogens with zero attached hydrogens (tertiary/aromatic N) is 4. The molecule has 2 N–H and O–H groups in total. The van der Waals surface area contributed by atoms with Crippen molar-refractivity contribution in [2.75, 3.05) is 12.4 Å².